The summed E-state index contributed by atoms with van der Waals surface area (Å²) in [7, 11) is 0. The molecule has 76 valence electrons. The molecule has 1 rings (SSSR count). The fraction of sp³-hybridized carbons (Fsp3) is 0.333. The Hall–Kier alpha value is -0.780. The molecule has 0 radical (unpaired) electrons. The number of H-pyrrole nitrogens is 1. The van der Waals surface area contributed by atoms with Gasteiger partial charge in [-0.05, 0) is 0 Å². The maximum absolute atomic E-state index is 10.3. The van der Waals surface area contributed by atoms with Gasteiger partial charge in [0.25, 0.3) is 0 Å². The van der Waals surface area contributed by atoms with Crippen LogP contribution in [0.2, 0.25) is 0 Å². The van der Waals surface area contributed by atoms with E-state index >= 15 is 0 Å². The first-order valence-corrected chi connectivity index (χ1v) is 3.16. The van der Waals surface area contributed by atoms with Crippen LogP contribution in [0.1, 0.15) is 5.69 Å². The third-order valence-corrected chi connectivity index (χ3v) is 1.31. The third-order valence-electron chi connectivity index (χ3n) is 1.31. The van der Waals surface area contributed by atoms with Crippen LogP contribution in [0, 0.1) is 0 Å². The van der Waals surface area contributed by atoms with Gasteiger partial charge in [0.15, 0.2) is 0 Å². The number of hydrogen-bond donors (Lipinski definition) is 3. The van der Waals surface area contributed by atoms with E-state index in [9.17, 15) is 4.79 Å². The van der Waals surface area contributed by atoms with E-state index < -0.39 is 12.0 Å². The van der Waals surface area contributed by atoms with Crippen LogP contribution in [0.15, 0.2) is 12.5 Å². The van der Waals surface area contributed by atoms with Gasteiger partial charge in [-0.2, -0.15) is 0 Å². The van der Waals surface area contributed by atoms with Gasteiger partial charge in [-0.3, -0.25) is 4.79 Å². The molecule has 0 amide bonds. The SMILES string of the molecule is Cl.Cl.NC(Cc1cnc[nH]1)C(=O)O. The highest BCUT2D eigenvalue weighted by Crippen LogP contribution is 1.95. The number of hydrogen-bond acceptors (Lipinski definition) is 3. The zero-order valence-corrected chi connectivity index (χ0v) is 8.27. The number of carboxylic acids is 1. The summed E-state index contributed by atoms with van der Waals surface area (Å²) in [5.41, 5.74) is 6.00. The number of halogens is 2. The Bertz CT molecular complexity index is 240. The molecule has 7 heteroatoms. The van der Waals surface area contributed by atoms with Crippen LogP contribution >= 0.6 is 24.8 Å². The first-order chi connectivity index (χ1) is 5.20. The van der Waals surface area contributed by atoms with Crippen molar-refractivity contribution < 1.29 is 9.90 Å². The number of aromatic amines is 1. The lowest BCUT2D eigenvalue weighted by Gasteiger charge is -2.02. The number of rotatable bonds is 3. The van der Waals surface area contributed by atoms with Gasteiger partial charge in [-0.15, -0.1) is 24.8 Å². The Kier molecular flexibility index (Phi) is 7.60. The second kappa shape index (κ2) is 6.71. The van der Waals surface area contributed by atoms with Crippen LogP contribution in [-0.2, 0) is 11.2 Å². The molecule has 0 fully saturated rings. The van der Waals surface area contributed by atoms with Gasteiger partial charge in [0, 0.05) is 18.3 Å². The van der Waals surface area contributed by atoms with E-state index in [0.29, 0.717) is 0 Å². The normalized spacial score (nSPS) is 10.8. The molecule has 1 atom stereocenters. The molecule has 0 aliphatic rings. The van der Waals surface area contributed by atoms with Gasteiger partial charge in [-0.25, -0.2) is 4.98 Å². The van der Waals surface area contributed by atoms with Crippen molar-refractivity contribution in [3.8, 4) is 0 Å². The standard InChI is InChI=1S/C6H9N3O2.2ClH/c7-5(6(10)11)1-4-2-8-3-9-4;;/h2-3,5H,1,7H2,(H,8,9)(H,10,11);2*1H. The number of aliphatic carboxylic acids is 1. The highest BCUT2D eigenvalue weighted by Gasteiger charge is 2.11. The predicted octanol–water partition coefficient (Wildman–Crippen LogP) is 0.208. The number of nitrogens with zero attached hydrogens (tertiary/aromatic N) is 1. The second-order valence-electron chi connectivity index (χ2n) is 2.23. The van der Waals surface area contributed by atoms with E-state index in [0.717, 1.165) is 5.69 Å². The van der Waals surface area contributed by atoms with Gasteiger partial charge >= 0.3 is 5.97 Å². The molecule has 1 unspecified atom stereocenters. The molecule has 1 heterocycles. The number of carboxylic acid groups (broad SMARTS) is 1. The monoisotopic (exact) mass is 227 g/mol. The van der Waals surface area contributed by atoms with Gasteiger partial charge in [-0.1, -0.05) is 0 Å². The summed E-state index contributed by atoms with van der Waals surface area (Å²) < 4.78 is 0. The van der Waals surface area contributed by atoms with Crippen LogP contribution < -0.4 is 5.73 Å². The highest BCUT2D eigenvalue weighted by atomic mass is 35.5. The van der Waals surface area contributed by atoms with Crippen LogP contribution in [-0.4, -0.2) is 27.1 Å². The quantitative estimate of drug-likeness (QED) is 0.689. The highest BCUT2D eigenvalue weighted by molar-refractivity contribution is 5.85. The van der Waals surface area contributed by atoms with Crippen molar-refractivity contribution in [1.82, 2.24) is 9.97 Å². The minimum Gasteiger partial charge on any atom is -0.480 e. The zero-order valence-electron chi connectivity index (χ0n) is 6.64. The number of nitrogens with two attached hydrogens (primary N) is 1. The number of nitrogens with one attached hydrogen (secondary N) is 1. The van der Waals surface area contributed by atoms with E-state index in [4.69, 9.17) is 10.8 Å². The van der Waals surface area contributed by atoms with E-state index in [2.05, 4.69) is 9.97 Å². The Morgan fingerprint density at radius 1 is 1.69 bits per heavy atom. The van der Waals surface area contributed by atoms with Crippen LogP contribution in [0.3, 0.4) is 0 Å². The largest absolute Gasteiger partial charge is 0.480 e. The van der Waals surface area contributed by atoms with E-state index in [1.807, 2.05) is 0 Å². The van der Waals surface area contributed by atoms with Gasteiger partial charge in [0.2, 0.25) is 0 Å². The van der Waals surface area contributed by atoms with Crippen molar-refractivity contribution in [2.75, 3.05) is 0 Å². The molecule has 1 aromatic rings. The first kappa shape index (κ1) is 14.7. The molecule has 0 saturated heterocycles. The lowest BCUT2D eigenvalue weighted by Crippen LogP contribution is -2.32. The van der Waals surface area contributed by atoms with Crippen LogP contribution in [0.4, 0.5) is 0 Å². The summed E-state index contributed by atoms with van der Waals surface area (Å²) in [5.74, 6) is -1.00. The maximum atomic E-state index is 10.3. The molecule has 0 aliphatic heterocycles. The molecule has 5 nitrogen and oxygen atoms in total. The minimum absolute atomic E-state index is 0. The van der Waals surface area contributed by atoms with Gasteiger partial charge in [0.05, 0.1) is 6.33 Å². The maximum Gasteiger partial charge on any atom is 0.320 e. The van der Waals surface area contributed by atoms with Crippen LogP contribution in [0.5, 0.6) is 0 Å². The van der Waals surface area contributed by atoms with E-state index in [-0.39, 0.29) is 31.2 Å². The molecule has 0 aliphatic carbocycles. The molecular formula is C6H11Cl2N3O2. The molecule has 0 bridgehead atoms. The third kappa shape index (κ3) is 4.72. The van der Waals surface area contributed by atoms with E-state index in [1.54, 1.807) is 6.20 Å². The van der Waals surface area contributed by atoms with Crippen LogP contribution in [0.25, 0.3) is 0 Å². The predicted molar refractivity (Wildman–Crippen MR) is 52.4 cm³/mol. The summed E-state index contributed by atoms with van der Waals surface area (Å²) in [4.78, 5) is 16.8. The molecule has 0 aromatic carbocycles. The Balaban J connectivity index is 0. The average Bonchev–Trinajstić information content (AvgIpc) is 2.39. The molecule has 0 spiro atoms. The molecule has 4 N–H and O–H groups in total. The van der Waals surface area contributed by atoms with Crippen molar-refractivity contribution in [3.05, 3.63) is 18.2 Å². The van der Waals surface area contributed by atoms with Crippen molar-refractivity contribution in [1.29, 1.82) is 0 Å². The zero-order chi connectivity index (χ0) is 8.27. The summed E-state index contributed by atoms with van der Waals surface area (Å²) >= 11 is 0. The van der Waals surface area contributed by atoms with Crippen molar-refractivity contribution in [3.63, 3.8) is 0 Å². The number of aromatic nitrogens is 2. The Morgan fingerprint density at radius 3 is 2.69 bits per heavy atom. The number of imidazole rings is 1. The summed E-state index contributed by atoms with van der Waals surface area (Å²) in [6, 6.07) is -0.851. The molecular weight excluding hydrogens is 217 g/mol. The summed E-state index contributed by atoms with van der Waals surface area (Å²) in [6.45, 7) is 0. The molecule has 1 aromatic heterocycles. The van der Waals surface area contributed by atoms with Gasteiger partial charge in [0.1, 0.15) is 6.04 Å². The lowest BCUT2D eigenvalue weighted by atomic mass is 10.2. The number of carbonyl (C=O) groups is 1. The lowest BCUT2D eigenvalue weighted by molar-refractivity contribution is -0.138. The topological polar surface area (TPSA) is 92.0 Å². The van der Waals surface area contributed by atoms with Crippen molar-refractivity contribution in [2.24, 2.45) is 5.73 Å². The first-order valence-electron chi connectivity index (χ1n) is 3.16. The molecule has 0 saturated carbocycles. The molecule has 13 heavy (non-hydrogen) atoms. The second-order valence-corrected chi connectivity index (χ2v) is 2.23. The minimum atomic E-state index is -1.00. The Morgan fingerprint density at radius 2 is 2.31 bits per heavy atom. The van der Waals surface area contributed by atoms with E-state index in [1.165, 1.54) is 6.33 Å². The average molecular weight is 228 g/mol. The van der Waals surface area contributed by atoms with Crippen molar-refractivity contribution in [2.45, 2.75) is 12.5 Å². The Labute approximate surface area is 87.6 Å². The van der Waals surface area contributed by atoms with Crippen molar-refractivity contribution >= 4 is 30.8 Å². The summed E-state index contributed by atoms with van der Waals surface area (Å²) in [5, 5.41) is 8.42. The smallest absolute Gasteiger partial charge is 0.320 e. The fourth-order valence-corrected chi connectivity index (χ4v) is 0.721. The summed E-state index contributed by atoms with van der Waals surface area (Å²) in [6.07, 6.45) is 3.34. The fourth-order valence-electron chi connectivity index (χ4n) is 0.721. The van der Waals surface area contributed by atoms with Gasteiger partial charge < -0.3 is 15.8 Å².